The lowest BCUT2D eigenvalue weighted by molar-refractivity contribution is -0.384. The van der Waals surface area contributed by atoms with Crippen molar-refractivity contribution in [2.45, 2.75) is 13.0 Å². The predicted molar refractivity (Wildman–Crippen MR) is 71.1 cm³/mol. The SMILES string of the molecule is CC1CN/C(=C/C(=O)c2cccc([N+](=O)[O-])c2)C(=O)N1. The molecule has 1 aliphatic heterocycles. The van der Waals surface area contributed by atoms with Gasteiger partial charge in [0.25, 0.3) is 11.6 Å². The van der Waals surface area contributed by atoms with Crippen molar-refractivity contribution in [1.82, 2.24) is 10.6 Å². The predicted octanol–water partition coefficient (Wildman–Crippen LogP) is 0.769. The number of rotatable bonds is 3. The Bertz CT molecular complexity index is 609. The van der Waals surface area contributed by atoms with Crippen molar-refractivity contribution in [2.75, 3.05) is 6.54 Å². The molecule has 1 unspecified atom stereocenters. The van der Waals surface area contributed by atoms with Gasteiger partial charge in [-0.15, -0.1) is 0 Å². The molecule has 0 aromatic heterocycles. The highest BCUT2D eigenvalue weighted by Crippen LogP contribution is 2.14. The molecule has 0 aliphatic carbocycles. The molecule has 1 amide bonds. The maximum atomic E-state index is 12.0. The number of nitrogens with zero attached hydrogens (tertiary/aromatic N) is 1. The summed E-state index contributed by atoms with van der Waals surface area (Å²) < 4.78 is 0. The van der Waals surface area contributed by atoms with Crippen LogP contribution in [0.4, 0.5) is 5.69 Å². The van der Waals surface area contributed by atoms with E-state index in [4.69, 9.17) is 0 Å². The molecule has 1 aromatic rings. The minimum absolute atomic E-state index is 0.00688. The van der Waals surface area contributed by atoms with Gasteiger partial charge in [-0.1, -0.05) is 12.1 Å². The summed E-state index contributed by atoms with van der Waals surface area (Å²) in [5.41, 5.74) is 0.170. The van der Waals surface area contributed by atoms with Crippen LogP contribution in [0, 0.1) is 10.1 Å². The number of amides is 1. The number of nitrogens with one attached hydrogen (secondary N) is 2. The fourth-order valence-corrected chi connectivity index (χ4v) is 1.80. The van der Waals surface area contributed by atoms with Crippen LogP contribution in [0.3, 0.4) is 0 Å². The van der Waals surface area contributed by atoms with E-state index in [1.807, 2.05) is 6.92 Å². The summed E-state index contributed by atoms with van der Waals surface area (Å²) in [5.74, 6) is -0.816. The minimum atomic E-state index is -0.572. The van der Waals surface area contributed by atoms with Crippen LogP contribution in [0.2, 0.25) is 0 Å². The Labute approximate surface area is 114 Å². The van der Waals surface area contributed by atoms with Crippen LogP contribution in [0.15, 0.2) is 36.0 Å². The van der Waals surface area contributed by atoms with E-state index in [1.165, 1.54) is 24.3 Å². The normalized spacial score (nSPS) is 20.1. The van der Waals surface area contributed by atoms with Crippen molar-refractivity contribution in [3.05, 3.63) is 51.7 Å². The van der Waals surface area contributed by atoms with Crippen molar-refractivity contribution < 1.29 is 14.5 Å². The molecule has 1 heterocycles. The molecule has 1 atom stereocenters. The van der Waals surface area contributed by atoms with Crippen LogP contribution in [0.25, 0.3) is 0 Å². The third-order valence-corrected chi connectivity index (χ3v) is 2.84. The van der Waals surface area contributed by atoms with Gasteiger partial charge in [0.05, 0.1) is 4.92 Å². The van der Waals surface area contributed by atoms with E-state index in [0.29, 0.717) is 6.54 Å². The number of piperazine rings is 1. The van der Waals surface area contributed by atoms with Crippen molar-refractivity contribution in [1.29, 1.82) is 0 Å². The highest BCUT2D eigenvalue weighted by molar-refractivity contribution is 6.09. The summed E-state index contributed by atoms with van der Waals surface area (Å²) in [5, 5.41) is 16.2. The van der Waals surface area contributed by atoms with Crippen LogP contribution in [-0.2, 0) is 4.79 Å². The molecule has 7 nitrogen and oxygen atoms in total. The second kappa shape index (κ2) is 5.52. The molecule has 1 fully saturated rings. The van der Waals surface area contributed by atoms with Gasteiger partial charge in [-0.05, 0) is 6.92 Å². The van der Waals surface area contributed by atoms with Crippen LogP contribution in [0.1, 0.15) is 17.3 Å². The fourth-order valence-electron chi connectivity index (χ4n) is 1.80. The Morgan fingerprint density at radius 2 is 2.25 bits per heavy atom. The van der Waals surface area contributed by atoms with Crippen LogP contribution < -0.4 is 10.6 Å². The number of hydrogen-bond acceptors (Lipinski definition) is 5. The zero-order valence-corrected chi connectivity index (χ0v) is 10.8. The molecule has 1 aliphatic rings. The summed E-state index contributed by atoms with van der Waals surface area (Å²) in [7, 11) is 0. The van der Waals surface area contributed by atoms with Crippen LogP contribution in [-0.4, -0.2) is 29.2 Å². The largest absolute Gasteiger partial charge is 0.378 e. The molecule has 20 heavy (non-hydrogen) atoms. The molecule has 104 valence electrons. The van der Waals surface area contributed by atoms with E-state index in [9.17, 15) is 19.7 Å². The summed E-state index contributed by atoms with van der Waals surface area (Å²) in [6, 6.07) is 5.38. The van der Waals surface area contributed by atoms with E-state index in [-0.39, 0.29) is 28.9 Å². The molecule has 0 bridgehead atoms. The van der Waals surface area contributed by atoms with Gasteiger partial charge in [-0.2, -0.15) is 0 Å². The Morgan fingerprint density at radius 1 is 1.50 bits per heavy atom. The zero-order valence-electron chi connectivity index (χ0n) is 10.8. The molecular formula is C13H13N3O4. The van der Waals surface area contributed by atoms with Crippen LogP contribution >= 0.6 is 0 Å². The average Bonchev–Trinajstić information content (AvgIpc) is 2.42. The number of benzene rings is 1. The minimum Gasteiger partial charge on any atom is -0.378 e. The first-order valence-electron chi connectivity index (χ1n) is 6.02. The summed E-state index contributed by atoms with van der Waals surface area (Å²) in [6.07, 6.45) is 1.15. The lowest BCUT2D eigenvalue weighted by atomic mass is 10.1. The van der Waals surface area contributed by atoms with Gasteiger partial charge in [0.1, 0.15) is 5.70 Å². The van der Waals surface area contributed by atoms with Crippen molar-refractivity contribution >= 4 is 17.4 Å². The molecule has 7 heteroatoms. The quantitative estimate of drug-likeness (QED) is 0.367. The summed E-state index contributed by atoms with van der Waals surface area (Å²) in [4.78, 5) is 33.7. The summed E-state index contributed by atoms with van der Waals surface area (Å²) >= 11 is 0. The smallest absolute Gasteiger partial charge is 0.270 e. The van der Waals surface area contributed by atoms with Gasteiger partial charge < -0.3 is 10.6 Å². The van der Waals surface area contributed by atoms with Gasteiger partial charge in [0, 0.05) is 36.4 Å². The molecule has 0 spiro atoms. The number of non-ortho nitro benzene ring substituents is 1. The second-order valence-corrected chi connectivity index (χ2v) is 4.49. The topological polar surface area (TPSA) is 101 Å². The first kappa shape index (κ1) is 13.7. The molecule has 2 rings (SSSR count). The third kappa shape index (κ3) is 3.00. The Balaban J connectivity index is 2.22. The first-order valence-corrected chi connectivity index (χ1v) is 6.02. The molecule has 2 N–H and O–H groups in total. The molecule has 1 saturated heterocycles. The monoisotopic (exact) mass is 275 g/mol. The van der Waals surface area contributed by atoms with Crippen molar-refractivity contribution in [3.8, 4) is 0 Å². The molecule has 1 aromatic carbocycles. The van der Waals surface area contributed by atoms with Gasteiger partial charge in [0.15, 0.2) is 5.78 Å². The fraction of sp³-hybridized carbons (Fsp3) is 0.231. The average molecular weight is 275 g/mol. The number of carbonyl (C=O) groups is 2. The third-order valence-electron chi connectivity index (χ3n) is 2.84. The molecule has 0 radical (unpaired) electrons. The Kier molecular flexibility index (Phi) is 3.79. The van der Waals surface area contributed by atoms with Crippen molar-refractivity contribution in [3.63, 3.8) is 0 Å². The number of allylic oxidation sites excluding steroid dienone is 1. The lowest BCUT2D eigenvalue weighted by Gasteiger charge is -2.23. The number of carbonyl (C=O) groups excluding carboxylic acids is 2. The number of nitro benzene ring substituents is 1. The van der Waals surface area contributed by atoms with E-state index >= 15 is 0 Å². The highest BCUT2D eigenvalue weighted by atomic mass is 16.6. The number of nitro groups is 1. The van der Waals surface area contributed by atoms with Gasteiger partial charge in [-0.25, -0.2) is 0 Å². The number of ketones is 1. The maximum absolute atomic E-state index is 12.0. The van der Waals surface area contributed by atoms with Crippen LogP contribution in [0.5, 0.6) is 0 Å². The highest BCUT2D eigenvalue weighted by Gasteiger charge is 2.20. The van der Waals surface area contributed by atoms with Gasteiger partial charge >= 0.3 is 0 Å². The standard InChI is InChI=1S/C13H13N3O4/c1-8-7-14-11(13(18)15-8)6-12(17)9-3-2-4-10(5-9)16(19)20/h2-6,8,14H,7H2,1H3,(H,15,18)/b11-6+. The second-order valence-electron chi connectivity index (χ2n) is 4.49. The first-order chi connectivity index (χ1) is 9.47. The van der Waals surface area contributed by atoms with E-state index < -0.39 is 10.7 Å². The van der Waals surface area contributed by atoms with Crippen molar-refractivity contribution in [2.24, 2.45) is 0 Å². The molecule has 0 saturated carbocycles. The van der Waals surface area contributed by atoms with E-state index in [0.717, 1.165) is 6.08 Å². The number of hydrogen-bond donors (Lipinski definition) is 2. The van der Waals surface area contributed by atoms with E-state index in [1.54, 1.807) is 0 Å². The Morgan fingerprint density at radius 3 is 2.90 bits per heavy atom. The van der Waals surface area contributed by atoms with Gasteiger partial charge in [-0.3, -0.25) is 19.7 Å². The van der Waals surface area contributed by atoms with E-state index in [2.05, 4.69) is 10.6 Å². The Hall–Kier alpha value is -2.70. The zero-order chi connectivity index (χ0) is 14.7. The molecular weight excluding hydrogens is 262 g/mol. The maximum Gasteiger partial charge on any atom is 0.270 e. The van der Waals surface area contributed by atoms with Gasteiger partial charge in [0.2, 0.25) is 0 Å². The lowest BCUT2D eigenvalue weighted by Crippen LogP contribution is -2.49. The summed E-state index contributed by atoms with van der Waals surface area (Å²) in [6.45, 7) is 2.36.